The van der Waals surface area contributed by atoms with Crippen LogP contribution in [0.15, 0.2) is 0 Å². The lowest BCUT2D eigenvalue weighted by atomic mass is 10.4. The molecule has 1 fully saturated rings. The van der Waals surface area contributed by atoms with Gasteiger partial charge in [-0.15, -0.1) is 0 Å². The van der Waals surface area contributed by atoms with E-state index >= 15 is 0 Å². The average molecular weight is 493 g/mol. The van der Waals surface area contributed by atoms with E-state index in [1.165, 1.54) is 32.1 Å². The van der Waals surface area contributed by atoms with E-state index in [1.54, 1.807) is 0 Å². The zero-order valence-corrected chi connectivity index (χ0v) is 13.1. The smallest absolute Gasteiger partial charge is 0.266 e. The third-order valence-electron chi connectivity index (χ3n) is 1.60. The van der Waals surface area contributed by atoms with Gasteiger partial charge in [0.05, 0.1) is 0 Å². The lowest BCUT2D eigenvalue weighted by molar-refractivity contribution is 0.396. The maximum absolute atomic E-state index is 2.64. The molecule has 0 aliphatic carbocycles. The molecule has 1 aliphatic rings. The van der Waals surface area contributed by atoms with Gasteiger partial charge < -0.3 is 4.90 Å². The van der Waals surface area contributed by atoms with Gasteiger partial charge in [0.15, 0.2) is 0 Å². The Morgan fingerprint density at radius 1 is 1.10 bits per heavy atom. The van der Waals surface area contributed by atoms with Crippen molar-refractivity contribution in [1.82, 2.24) is 4.90 Å². The van der Waals surface area contributed by atoms with Crippen molar-refractivity contribution in [2.75, 3.05) is 19.3 Å². The van der Waals surface area contributed by atoms with Crippen molar-refractivity contribution in [2.45, 2.75) is 12.8 Å². The quantitative estimate of drug-likeness (QED) is 0.325. The molecule has 0 saturated carbocycles. The maximum atomic E-state index is 2.64. The van der Waals surface area contributed by atoms with Gasteiger partial charge in [0.2, 0.25) is 0 Å². The number of rotatable bonds is 2. The van der Waals surface area contributed by atoms with Gasteiger partial charge in [0.25, 0.3) is 0.564 Å². The summed E-state index contributed by atoms with van der Waals surface area (Å²) in [6, 6.07) is 0. The molecule has 1 nitrogen and oxygen atoms in total. The van der Waals surface area contributed by atoms with Gasteiger partial charge in [-0.25, -0.2) is 0 Å². The van der Waals surface area contributed by atoms with E-state index in [4.69, 9.17) is 0 Å². The number of nitrogens with zero attached hydrogens (tertiary/aromatic N) is 1. The van der Waals surface area contributed by atoms with Crippen LogP contribution in [0.3, 0.4) is 0 Å². The Morgan fingerprint density at radius 2 is 1.60 bits per heavy atom. The highest BCUT2D eigenvalue weighted by Crippen LogP contribution is 2.30. The molecule has 0 amide bonds. The minimum atomic E-state index is -0.886. The number of hydrogen-bond acceptors (Lipinski definition) is 1. The molecule has 1 rings (SSSR count). The Hall–Kier alpha value is 2.37. The van der Waals surface area contributed by atoms with Crippen LogP contribution in [-0.2, 0) is 0 Å². The fourth-order valence-corrected chi connectivity index (χ4v) is 6.36. The minimum absolute atomic E-state index is 0.886. The van der Waals surface area contributed by atoms with Gasteiger partial charge in [-0.1, -0.05) is 65.4 Å². The third-order valence-corrected chi connectivity index (χ3v) is 5.48. The first kappa shape index (κ1) is 10.4. The van der Waals surface area contributed by atoms with Crippen LogP contribution in [0, 0.1) is 0 Å². The fraction of sp³-hybridized carbons (Fsp3) is 1.00. The zero-order valence-electron chi connectivity index (χ0n) is 5.62. The number of likely N-dealkylation sites (tertiary alicyclic amines) is 1. The molecular formula is C5H10I3NSi. The van der Waals surface area contributed by atoms with Gasteiger partial charge in [-0.05, 0) is 25.9 Å². The molecule has 0 aromatic heterocycles. The SMILES string of the molecule is I[Si](I)(I)CN1CCCC1. The summed E-state index contributed by atoms with van der Waals surface area (Å²) in [4.78, 5) is 2.61. The van der Waals surface area contributed by atoms with E-state index in [2.05, 4.69) is 70.3 Å². The summed E-state index contributed by atoms with van der Waals surface area (Å²) in [5.41, 5.74) is 0. The van der Waals surface area contributed by atoms with Crippen molar-refractivity contribution in [3.05, 3.63) is 0 Å². The van der Waals surface area contributed by atoms with Crippen LogP contribution in [0.2, 0.25) is 0 Å². The Balaban J connectivity index is 2.24. The maximum Gasteiger partial charge on any atom is 0.266 e. The van der Waals surface area contributed by atoms with E-state index < -0.39 is 0.564 Å². The van der Waals surface area contributed by atoms with Crippen molar-refractivity contribution in [2.24, 2.45) is 0 Å². The summed E-state index contributed by atoms with van der Waals surface area (Å²) < 4.78 is -0.886. The highest BCUT2D eigenvalue weighted by Gasteiger charge is 2.26. The molecule has 0 aromatic carbocycles. The fourth-order valence-electron chi connectivity index (χ4n) is 1.19. The molecule has 0 unspecified atom stereocenters. The first-order valence-corrected chi connectivity index (χ1v) is 14.9. The standard InChI is InChI=1S/C5H10I3NSi/c6-10(7,8)5-9-3-1-2-4-9/h1-5H2. The largest absolute Gasteiger partial charge is 0.304 e. The normalized spacial score (nSPS) is 21.9. The average Bonchev–Trinajstić information content (AvgIpc) is 2.12. The van der Waals surface area contributed by atoms with Gasteiger partial charge in [-0.2, -0.15) is 0 Å². The van der Waals surface area contributed by atoms with Crippen molar-refractivity contribution in [3.63, 3.8) is 0 Å². The van der Waals surface area contributed by atoms with Crippen LogP contribution in [0.5, 0.6) is 0 Å². The Bertz CT molecular complexity index is 108. The molecule has 0 N–H and O–H groups in total. The van der Waals surface area contributed by atoms with E-state index in [0.29, 0.717) is 0 Å². The summed E-state index contributed by atoms with van der Waals surface area (Å²) in [5, 5.41) is 0. The van der Waals surface area contributed by atoms with Gasteiger partial charge in [0, 0.05) is 6.17 Å². The minimum Gasteiger partial charge on any atom is -0.304 e. The predicted octanol–water partition coefficient (Wildman–Crippen LogP) is 2.87. The first-order chi connectivity index (χ1) is 4.58. The summed E-state index contributed by atoms with van der Waals surface area (Å²) in [7, 11) is 0. The second-order valence-electron chi connectivity index (χ2n) is 2.60. The molecule has 1 saturated heterocycles. The van der Waals surface area contributed by atoms with Crippen molar-refractivity contribution in [3.8, 4) is 0 Å². The Kier molecular flexibility index (Phi) is 4.76. The molecule has 5 heteroatoms. The third kappa shape index (κ3) is 4.41. The first-order valence-electron chi connectivity index (χ1n) is 3.37. The topological polar surface area (TPSA) is 3.24 Å². The van der Waals surface area contributed by atoms with Crippen molar-refractivity contribution < 1.29 is 0 Å². The molecule has 10 heavy (non-hydrogen) atoms. The molecule has 1 aliphatic heterocycles. The highest BCUT2D eigenvalue weighted by molar-refractivity contribution is 14.4. The molecule has 0 spiro atoms. The molecule has 60 valence electrons. The summed E-state index contributed by atoms with van der Waals surface area (Å²) in [6.45, 7) is 2.70. The zero-order chi connectivity index (χ0) is 7.61. The van der Waals surface area contributed by atoms with Gasteiger partial charge >= 0.3 is 0 Å². The monoisotopic (exact) mass is 493 g/mol. The Morgan fingerprint density at radius 3 is 2.00 bits per heavy atom. The number of hydrogen-bond donors (Lipinski definition) is 0. The van der Waals surface area contributed by atoms with Gasteiger partial charge in [0.1, 0.15) is 0 Å². The molecule has 0 radical (unpaired) electrons. The van der Waals surface area contributed by atoms with Crippen LogP contribution in [-0.4, -0.2) is 24.7 Å². The molecule has 0 aromatic rings. The van der Waals surface area contributed by atoms with Crippen LogP contribution in [0.1, 0.15) is 12.8 Å². The lowest BCUT2D eigenvalue weighted by Gasteiger charge is -2.19. The van der Waals surface area contributed by atoms with Gasteiger partial charge in [-0.3, -0.25) is 0 Å². The van der Waals surface area contributed by atoms with Crippen LogP contribution in [0.4, 0.5) is 0 Å². The van der Waals surface area contributed by atoms with E-state index in [9.17, 15) is 0 Å². The molecule has 1 heterocycles. The second kappa shape index (κ2) is 4.56. The summed E-state index contributed by atoms with van der Waals surface area (Å²) in [5.74, 6) is 0. The lowest BCUT2D eigenvalue weighted by Crippen LogP contribution is -2.31. The summed E-state index contributed by atoms with van der Waals surface area (Å²) in [6.07, 6.45) is 4.22. The van der Waals surface area contributed by atoms with Crippen LogP contribution >= 0.6 is 65.4 Å². The van der Waals surface area contributed by atoms with Crippen molar-refractivity contribution >= 4 is 66.0 Å². The number of halogens is 3. The van der Waals surface area contributed by atoms with Crippen LogP contribution in [0.25, 0.3) is 0 Å². The van der Waals surface area contributed by atoms with E-state index in [1.807, 2.05) is 0 Å². The van der Waals surface area contributed by atoms with Crippen molar-refractivity contribution in [1.29, 1.82) is 0 Å². The molecule has 0 atom stereocenters. The molecular weight excluding hydrogens is 483 g/mol. The van der Waals surface area contributed by atoms with Crippen LogP contribution < -0.4 is 0 Å². The second-order valence-corrected chi connectivity index (χ2v) is 39.3. The Labute approximate surface area is 101 Å². The highest BCUT2D eigenvalue weighted by atomic mass is 127. The van der Waals surface area contributed by atoms with E-state index in [0.717, 1.165) is 0 Å². The predicted molar refractivity (Wildman–Crippen MR) is 73.5 cm³/mol. The summed E-state index contributed by atoms with van der Waals surface area (Å²) >= 11 is 7.91. The van der Waals surface area contributed by atoms with E-state index in [-0.39, 0.29) is 0 Å². The molecule has 0 bridgehead atoms.